The van der Waals surface area contributed by atoms with Crippen molar-refractivity contribution in [2.45, 2.75) is 32.1 Å². The van der Waals surface area contributed by atoms with E-state index in [0.717, 1.165) is 36.3 Å². The standard InChI is InChI=1S/C18H19N3O3S/c22-13(20-18-19-11-3-1-2-4-12(11)25-18)8-21-16(23)14-9-5-6-10(7-9)15(14)17(21)24/h5-6,9-10,14-15H,1-4,7-8H2,(H,19,20,22). The van der Waals surface area contributed by atoms with Gasteiger partial charge in [0.25, 0.3) is 0 Å². The highest BCUT2D eigenvalue weighted by Crippen LogP contribution is 2.52. The number of anilines is 1. The Hall–Kier alpha value is -2.02. The third-order valence-corrected chi connectivity index (χ3v) is 7.03. The van der Waals surface area contributed by atoms with Gasteiger partial charge in [0.1, 0.15) is 6.54 Å². The highest BCUT2D eigenvalue weighted by atomic mass is 32.1. The molecule has 2 heterocycles. The number of aromatic nitrogens is 1. The zero-order valence-corrected chi connectivity index (χ0v) is 14.6. The van der Waals surface area contributed by atoms with Gasteiger partial charge in [-0.05, 0) is 43.9 Å². The van der Waals surface area contributed by atoms with Crippen LogP contribution in [0.1, 0.15) is 29.8 Å². The summed E-state index contributed by atoms with van der Waals surface area (Å²) in [4.78, 5) is 44.5. The number of fused-ring (bicyclic) bond motifs is 6. The Kier molecular flexibility index (Phi) is 3.35. The van der Waals surface area contributed by atoms with Crippen molar-refractivity contribution in [2.24, 2.45) is 23.7 Å². The number of thiazole rings is 1. The van der Waals surface area contributed by atoms with Gasteiger partial charge in [0, 0.05) is 4.88 Å². The molecule has 1 saturated heterocycles. The normalized spacial score (nSPS) is 32.2. The predicted octanol–water partition coefficient (Wildman–Crippen LogP) is 1.77. The maximum absolute atomic E-state index is 12.6. The van der Waals surface area contributed by atoms with E-state index >= 15 is 0 Å². The van der Waals surface area contributed by atoms with Gasteiger partial charge in [-0.25, -0.2) is 4.98 Å². The first-order valence-corrected chi connectivity index (χ1v) is 9.75. The third kappa shape index (κ3) is 2.28. The molecule has 7 heteroatoms. The first-order chi connectivity index (χ1) is 12.1. The number of nitrogens with one attached hydrogen (secondary N) is 1. The molecule has 3 amide bonds. The van der Waals surface area contributed by atoms with E-state index in [0.29, 0.717) is 5.13 Å². The van der Waals surface area contributed by atoms with Gasteiger partial charge >= 0.3 is 0 Å². The summed E-state index contributed by atoms with van der Waals surface area (Å²) >= 11 is 1.51. The van der Waals surface area contributed by atoms with Crippen molar-refractivity contribution in [3.63, 3.8) is 0 Å². The average Bonchev–Trinajstić information content (AvgIpc) is 3.34. The summed E-state index contributed by atoms with van der Waals surface area (Å²) in [6.45, 7) is -0.200. The van der Waals surface area contributed by atoms with E-state index in [1.807, 2.05) is 0 Å². The molecule has 2 bridgehead atoms. The molecule has 1 saturated carbocycles. The molecule has 1 aromatic rings. The summed E-state index contributed by atoms with van der Waals surface area (Å²) in [6.07, 6.45) is 9.30. The maximum Gasteiger partial charge on any atom is 0.246 e. The minimum Gasteiger partial charge on any atom is -0.300 e. The number of carbonyl (C=O) groups excluding carboxylic acids is 3. The van der Waals surface area contributed by atoms with Gasteiger partial charge in [-0.15, -0.1) is 11.3 Å². The fourth-order valence-corrected chi connectivity index (χ4v) is 5.89. The first-order valence-electron chi connectivity index (χ1n) is 8.94. The van der Waals surface area contributed by atoms with Crippen molar-refractivity contribution >= 4 is 34.2 Å². The molecule has 0 aromatic carbocycles. The lowest BCUT2D eigenvalue weighted by atomic mass is 9.85. The van der Waals surface area contributed by atoms with Crippen LogP contribution in [-0.4, -0.2) is 34.2 Å². The molecule has 2 fully saturated rings. The van der Waals surface area contributed by atoms with Gasteiger partial charge < -0.3 is 5.32 Å². The van der Waals surface area contributed by atoms with E-state index in [1.165, 1.54) is 22.6 Å². The monoisotopic (exact) mass is 357 g/mol. The van der Waals surface area contributed by atoms with Crippen molar-refractivity contribution in [1.29, 1.82) is 0 Å². The number of aryl methyl sites for hydroxylation is 2. The molecule has 4 atom stereocenters. The second kappa shape index (κ2) is 5.49. The molecular formula is C18H19N3O3S. The first kappa shape index (κ1) is 15.3. The van der Waals surface area contributed by atoms with Crippen LogP contribution in [0, 0.1) is 23.7 Å². The van der Waals surface area contributed by atoms with Crippen LogP contribution in [0.5, 0.6) is 0 Å². The van der Waals surface area contributed by atoms with Crippen LogP contribution in [-0.2, 0) is 27.2 Å². The molecular weight excluding hydrogens is 338 g/mol. The number of allylic oxidation sites excluding steroid dienone is 2. The highest BCUT2D eigenvalue weighted by Gasteiger charge is 2.59. The van der Waals surface area contributed by atoms with Crippen LogP contribution in [0.2, 0.25) is 0 Å². The fourth-order valence-electron chi connectivity index (χ4n) is 4.83. The Morgan fingerprint density at radius 3 is 2.52 bits per heavy atom. The van der Waals surface area contributed by atoms with Gasteiger partial charge in [0.15, 0.2) is 5.13 Å². The summed E-state index contributed by atoms with van der Waals surface area (Å²) in [5.74, 6) is -0.853. The Labute approximate surface area is 149 Å². The molecule has 6 nitrogen and oxygen atoms in total. The Balaban J connectivity index is 1.28. The van der Waals surface area contributed by atoms with E-state index in [1.54, 1.807) is 0 Å². The van der Waals surface area contributed by atoms with Gasteiger partial charge in [-0.2, -0.15) is 0 Å². The number of amides is 3. The summed E-state index contributed by atoms with van der Waals surface area (Å²) in [6, 6.07) is 0. The van der Waals surface area contributed by atoms with Crippen molar-refractivity contribution in [3.05, 3.63) is 22.7 Å². The van der Waals surface area contributed by atoms with Crippen LogP contribution < -0.4 is 5.32 Å². The SMILES string of the molecule is O=C(CN1C(=O)C2C3C=CC(C3)C2C1=O)Nc1nc2c(s1)CCCC2. The van der Waals surface area contributed by atoms with Crippen LogP contribution in [0.15, 0.2) is 12.2 Å². The van der Waals surface area contributed by atoms with E-state index in [4.69, 9.17) is 0 Å². The lowest BCUT2D eigenvalue weighted by Gasteiger charge is -2.16. The van der Waals surface area contributed by atoms with Gasteiger partial charge in [0.2, 0.25) is 17.7 Å². The summed E-state index contributed by atoms with van der Waals surface area (Å²) in [7, 11) is 0. The molecule has 1 aromatic heterocycles. The molecule has 4 unspecified atom stereocenters. The quantitative estimate of drug-likeness (QED) is 0.660. The lowest BCUT2D eigenvalue weighted by molar-refractivity contribution is -0.143. The smallest absolute Gasteiger partial charge is 0.246 e. The van der Waals surface area contributed by atoms with Crippen LogP contribution in [0.25, 0.3) is 0 Å². The number of hydrogen-bond acceptors (Lipinski definition) is 5. The molecule has 0 radical (unpaired) electrons. The largest absolute Gasteiger partial charge is 0.300 e. The number of nitrogens with zero attached hydrogens (tertiary/aromatic N) is 2. The summed E-state index contributed by atoms with van der Waals surface area (Å²) in [5, 5.41) is 3.36. The van der Waals surface area contributed by atoms with Gasteiger partial charge in [-0.3, -0.25) is 19.3 Å². The maximum atomic E-state index is 12.6. The minimum atomic E-state index is -0.340. The highest BCUT2D eigenvalue weighted by molar-refractivity contribution is 7.15. The number of imide groups is 1. The Bertz CT molecular complexity index is 761. The Morgan fingerprint density at radius 2 is 1.84 bits per heavy atom. The molecule has 3 aliphatic carbocycles. The Morgan fingerprint density at radius 1 is 1.16 bits per heavy atom. The van der Waals surface area contributed by atoms with E-state index < -0.39 is 0 Å². The summed E-state index contributed by atoms with van der Waals surface area (Å²) in [5.41, 5.74) is 1.08. The van der Waals surface area contributed by atoms with E-state index in [-0.39, 0.29) is 47.9 Å². The van der Waals surface area contributed by atoms with Gasteiger partial charge in [-0.1, -0.05) is 12.2 Å². The zero-order valence-electron chi connectivity index (χ0n) is 13.7. The molecule has 4 aliphatic rings. The number of likely N-dealkylation sites (tertiary alicyclic amines) is 1. The van der Waals surface area contributed by atoms with Gasteiger partial charge in [0.05, 0.1) is 17.5 Å². The third-order valence-electron chi connectivity index (χ3n) is 5.96. The molecule has 130 valence electrons. The van der Waals surface area contributed by atoms with E-state index in [2.05, 4.69) is 22.5 Å². The zero-order chi connectivity index (χ0) is 17.1. The van der Waals surface area contributed by atoms with Crippen molar-refractivity contribution in [2.75, 3.05) is 11.9 Å². The minimum absolute atomic E-state index is 0.171. The second-order valence-corrected chi connectivity index (χ2v) is 8.49. The summed E-state index contributed by atoms with van der Waals surface area (Å²) < 4.78 is 0. The topological polar surface area (TPSA) is 79.4 Å². The molecule has 5 rings (SSSR count). The number of carbonyl (C=O) groups is 3. The molecule has 1 aliphatic heterocycles. The van der Waals surface area contributed by atoms with Crippen molar-refractivity contribution in [3.8, 4) is 0 Å². The van der Waals surface area contributed by atoms with E-state index in [9.17, 15) is 14.4 Å². The van der Waals surface area contributed by atoms with Crippen molar-refractivity contribution in [1.82, 2.24) is 9.88 Å². The molecule has 1 N–H and O–H groups in total. The number of rotatable bonds is 3. The lowest BCUT2D eigenvalue weighted by Crippen LogP contribution is -2.39. The average molecular weight is 357 g/mol. The van der Waals surface area contributed by atoms with Crippen molar-refractivity contribution < 1.29 is 14.4 Å². The second-order valence-electron chi connectivity index (χ2n) is 7.41. The van der Waals surface area contributed by atoms with Crippen LogP contribution in [0.4, 0.5) is 5.13 Å². The van der Waals surface area contributed by atoms with Crippen LogP contribution >= 0.6 is 11.3 Å². The molecule has 0 spiro atoms. The predicted molar refractivity (Wildman–Crippen MR) is 91.8 cm³/mol. The molecule has 25 heavy (non-hydrogen) atoms. The number of hydrogen-bond donors (Lipinski definition) is 1. The fraction of sp³-hybridized carbons (Fsp3) is 0.556. The van der Waals surface area contributed by atoms with Crippen LogP contribution in [0.3, 0.4) is 0 Å².